The molecular formula is C17H22N2O7. The van der Waals surface area contributed by atoms with E-state index < -0.39 is 43.2 Å². The zero-order valence-electron chi connectivity index (χ0n) is 14.4. The van der Waals surface area contributed by atoms with E-state index in [1.54, 1.807) is 0 Å². The summed E-state index contributed by atoms with van der Waals surface area (Å²) in [6.45, 7) is 3.24. The Kier molecular flexibility index (Phi) is 5.26. The molecule has 3 rings (SSSR count). The zero-order valence-corrected chi connectivity index (χ0v) is 14.4. The fraction of sp³-hybridized carbons (Fsp3) is 0.529. The number of ether oxygens (including phenoxy) is 1. The van der Waals surface area contributed by atoms with Crippen molar-refractivity contribution in [2.24, 2.45) is 0 Å². The minimum absolute atomic E-state index is 0.134. The number of hydrogen-bond donors (Lipinski definition) is 5. The Morgan fingerprint density at radius 2 is 1.96 bits per heavy atom. The van der Waals surface area contributed by atoms with Crippen LogP contribution in [0.3, 0.4) is 0 Å². The fourth-order valence-corrected chi connectivity index (χ4v) is 3.21. The van der Waals surface area contributed by atoms with Crippen molar-refractivity contribution < 1.29 is 34.5 Å². The molecule has 1 aliphatic rings. The number of aryl methyl sites for hydroxylation is 2. The Morgan fingerprint density at radius 3 is 2.65 bits per heavy atom. The van der Waals surface area contributed by atoms with Gasteiger partial charge in [-0.25, -0.2) is 0 Å². The van der Waals surface area contributed by atoms with Gasteiger partial charge in [0.1, 0.15) is 30.0 Å². The molecule has 1 aliphatic heterocycles. The van der Waals surface area contributed by atoms with Gasteiger partial charge in [-0.05, 0) is 31.0 Å². The van der Waals surface area contributed by atoms with Crippen LogP contribution in [0.25, 0.3) is 11.0 Å². The SMILES string of the molecule is Cc1cc(C)c2onc(CC(=O)NC3C(O)O[C@H](CO)C(O)[C@@H]3O)c2c1. The van der Waals surface area contributed by atoms with Crippen LogP contribution in [0.1, 0.15) is 16.8 Å². The number of rotatable bonds is 4. The molecule has 1 amide bonds. The summed E-state index contributed by atoms with van der Waals surface area (Å²) in [5, 5.41) is 46.0. The normalized spacial score (nSPS) is 29.1. The van der Waals surface area contributed by atoms with E-state index in [4.69, 9.17) is 14.4 Å². The number of carbonyl (C=O) groups is 1. The van der Waals surface area contributed by atoms with E-state index in [1.807, 2.05) is 26.0 Å². The maximum absolute atomic E-state index is 12.3. The van der Waals surface area contributed by atoms with Gasteiger partial charge < -0.3 is 35.0 Å². The smallest absolute Gasteiger partial charge is 0.226 e. The van der Waals surface area contributed by atoms with Gasteiger partial charge in [-0.15, -0.1) is 0 Å². The number of aliphatic hydroxyl groups is 4. The highest BCUT2D eigenvalue weighted by Crippen LogP contribution is 2.24. The molecule has 1 aromatic carbocycles. The molecular weight excluding hydrogens is 344 g/mol. The fourth-order valence-electron chi connectivity index (χ4n) is 3.21. The lowest BCUT2D eigenvalue weighted by Crippen LogP contribution is -2.64. The Morgan fingerprint density at radius 1 is 1.23 bits per heavy atom. The molecule has 0 aliphatic carbocycles. The second-order valence-electron chi connectivity index (χ2n) is 6.59. The molecule has 1 saturated heterocycles. The summed E-state index contributed by atoms with van der Waals surface area (Å²) in [6, 6.07) is 2.58. The minimum Gasteiger partial charge on any atom is -0.394 e. The summed E-state index contributed by atoms with van der Waals surface area (Å²) < 4.78 is 10.3. The van der Waals surface area contributed by atoms with E-state index >= 15 is 0 Å². The Hall–Kier alpha value is -2.04. The number of carbonyl (C=O) groups excluding carboxylic acids is 1. The van der Waals surface area contributed by atoms with Crippen LogP contribution < -0.4 is 5.32 Å². The summed E-state index contributed by atoms with van der Waals surface area (Å²) in [7, 11) is 0. The topological polar surface area (TPSA) is 145 Å². The summed E-state index contributed by atoms with van der Waals surface area (Å²) in [4.78, 5) is 12.3. The van der Waals surface area contributed by atoms with E-state index in [1.165, 1.54) is 0 Å². The van der Waals surface area contributed by atoms with Crippen molar-refractivity contribution in [1.82, 2.24) is 10.5 Å². The van der Waals surface area contributed by atoms with Crippen LogP contribution in [0.15, 0.2) is 16.7 Å². The van der Waals surface area contributed by atoms with Crippen LogP contribution in [-0.4, -0.2) is 68.7 Å². The standard InChI is InChI=1S/C17H22N2O7/c1-7-3-8(2)16-9(4-7)10(19-26-16)5-12(21)18-13-15(23)14(22)11(6-20)25-17(13)24/h3-4,11,13-15,17,20,22-24H,5-6H2,1-2H3,(H,18,21)/t11-,13?,14?,15-,17?/m1/s1. The lowest BCUT2D eigenvalue weighted by atomic mass is 9.97. The number of hydrogen-bond acceptors (Lipinski definition) is 8. The number of amides is 1. The van der Waals surface area contributed by atoms with Crippen molar-refractivity contribution in [3.05, 3.63) is 29.0 Å². The van der Waals surface area contributed by atoms with E-state index in [0.29, 0.717) is 11.3 Å². The molecule has 5 N–H and O–H groups in total. The lowest BCUT2D eigenvalue weighted by Gasteiger charge is -2.40. The van der Waals surface area contributed by atoms with Crippen molar-refractivity contribution >= 4 is 16.9 Å². The van der Waals surface area contributed by atoms with Gasteiger partial charge in [0.05, 0.1) is 13.0 Å². The monoisotopic (exact) mass is 366 g/mol. The number of aliphatic hydroxyl groups excluding tert-OH is 4. The molecule has 3 unspecified atom stereocenters. The summed E-state index contributed by atoms with van der Waals surface area (Å²) in [5.74, 6) is -0.527. The average molecular weight is 366 g/mol. The van der Waals surface area contributed by atoms with Crippen molar-refractivity contribution in [2.45, 2.75) is 50.9 Å². The second kappa shape index (κ2) is 7.29. The molecule has 5 atom stereocenters. The van der Waals surface area contributed by atoms with Gasteiger partial charge in [0, 0.05) is 5.39 Å². The van der Waals surface area contributed by atoms with Gasteiger partial charge in [-0.1, -0.05) is 11.2 Å². The Balaban J connectivity index is 1.73. The van der Waals surface area contributed by atoms with Crippen LogP contribution in [0.4, 0.5) is 0 Å². The molecule has 2 heterocycles. The molecule has 26 heavy (non-hydrogen) atoms. The van der Waals surface area contributed by atoms with Crippen molar-refractivity contribution in [2.75, 3.05) is 6.61 Å². The van der Waals surface area contributed by atoms with Gasteiger partial charge >= 0.3 is 0 Å². The first kappa shape index (κ1) is 18.7. The molecule has 0 bridgehead atoms. The van der Waals surface area contributed by atoms with E-state index in [-0.39, 0.29) is 6.42 Å². The molecule has 0 saturated carbocycles. The molecule has 9 nitrogen and oxygen atoms in total. The molecule has 9 heteroatoms. The average Bonchev–Trinajstić information content (AvgIpc) is 2.98. The summed E-state index contributed by atoms with van der Waals surface area (Å²) in [5.41, 5.74) is 2.94. The third-order valence-corrected chi connectivity index (χ3v) is 4.53. The largest absolute Gasteiger partial charge is 0.394 e. The number of benzene rings is 1. The van der Waals surface area contributed by atoms with Crippen molar-refractivity contribution in [3.63, 3.8) is 0 Å². The predicted octanol–water partition coefficient (Wildman–Crippen LogP) is -1.10. The van der Waals surface area contributed by atoms with Gasteiger partial charge in [0.15, 0.2) is 11.9 Å². The highest BCUT2D eigenvalue weighted by atomic mass is 16.6. The molecule has 0 spiro atoms. The number of aromatic nitrogens is 1. The third-order valence-electron chi connectivity index (χ3n) is 4.53. The predicted molar refractivity (Wildman–Crippen MR) is 89.1 cm³/mol. The molecule has 0 radical (unpaired) electrons. The molecule has 1 aromatic heterocycles. The Labute approximate surface area is 149 Å². The van der Waals surface area contributed by atoms with Gasteiger partial charge in [-0.2, -0.15) is 0 Å². The van der Waals surface area contributed by atoms with Gasteiger partial charge in [0.2, 0.25) is 5.91 Å². The Bertz CT molecular complexity index is 806. The van der Waals surface area contributed by atoms with Gasteiger partial charge in [0.25, 0.3) is 0 Å². The maximum atomic E-state index is 12.3. The van der Waals surface area contributed by atoms with Crippen molar-refractivity contribution in [1.29, 1.82) is 0 Å². The van der Waals surface area contributed by atoms with Crippen LogP contribution in [0.5, 0.6) is 0 Å². The number of nitrogens with one attached hydrogen (secondary N) is 1. The quantitative estimate of drug-likeness (QED) is 0.459. The first-order chi connectivity index (χ1) is 12.3. The maximum Gasteiger partial charge on any atom is 0.226 e. The summed E-state index contributed by atoms with van der Waals surface area (Å²) in [6.07, 6.45) is -5.75. The highest BCUT2D eigenvalue weighted by Gasteiger charge is 2.44. The van der Waals surface area contributed by atoms with Crippen LogP contribution in [0, 0.1) is 13.8 Å². The summed E-state index contributed by atoms with van der Waals surface area (Å²) >= 11 is 0. The van der Waals surface area contributed by atoms with Crippen LogP contribution >= 0.6 is 0 Å². The lowest BCUT2D eigenvalue weighted by molar-refractivity contribution is -0.253. The number of fused-ring (bicyclic) bond motifs is 1. The highest BCUT2D eigenvalue weighted by molar-refractivity contribution is 5.88. The first-order valence-corrected chi connectivity index (χ1v) is 8.27. The van der Waals surface area contributed by atoms with Crippen LogP contribution in [0.2, 0.25) is 0 Å². The molecule has 2 aromatic rings. The van der Waals surface area contributed by atoms with Crippen molar-refractivity contribution in [3.8, 4) is 0 Å². The van der Waals surface area contributed by atoms with Crippen LogP contribution in [-0.2, 0) is 16.0 Å². The zero-order chi connectivity index (χ0) is 19.0. The molecule has 1 fully saturated rings. The minimum atomic E-state index is -1.56. The first-order valence-electron chi connectivity index (χ1n) is 8.27. The van der Waals surface area contributed by atoms with E-state index in [9.17, 15) is 20.1 Å². The number of nitrogens with zero attached hydrogens (tertiary/aromatic N) is 1. The van der Waals surface area contributed by atoms with E-state index in [2.05, 4.69) is 10.5 Å². The molecule has 142 valence electrons. The van der Waals surface area contributed by atoms with Gasteiger partial charge in [-0.3, -0.25) is 4.79 Å². The second-order valence-corrected chi connectivity index (χ2v) is 6.59. The van der Waals surface area contributed by atoms with E-state index in [0.717, 1.165) is 16.5 Å². The third kappa shape index (κ3) is 3.44.